The molecule has 6 nitrogen and oxygen atoms in total. The van der Waals surface area contributed by atoms with Crippen molar-refractivity contribution in [3.05, 3.63) is 89.2 Å². The second-order valence-corrected chi connectivity index (χ2v) is 9.30. The van der Waals surface area contributed by atoms with Gasteiger partial charge in [0.25, 0.3) is 5.91 Å². The number of anilines is 1. The molecule has 0 saturated heterocycles. The van der Waals surface area contributed by atoms with Crippen molar-refractivity contribution in [1.82, 2.24) is 10.6 Å². The van der Waals surface area contributed by atoms with Crippen LogP contribution in [0.25, 0.3) is 0 Å². The Morgan fingerprint density at radius 2 is 1.44 bits per heavy atom. The van der Waals surface area contributed by atoms with E-state index < -0.39 is 5.54 Å². The van der Waals surface area contributed by atoms with Gasteiger partial charge < -0.3 is 20.7 Å². The molecule has 188 valence electrons. The van der Waals surface area contributed by atoms with Crippen molar-refractivity contribution in [2.45, 2.75) is 37.6 Å². The fourth-order valence-corrected chi connectivity index (χ4v) is 4.41. The molecule has 36 heavy (non-hydrogen) atoms. The van der Waals surface area contributed by atoms with Gasteiger partial charge >= 0.3 is 0 Å². The van der Waals surface area contributed by atoms with Gasteiger partial charge in [-0.2, -0.15) is 0 Å². The maximum absolute atomic E-state index is 13.2. The molecule has 1 aliphatic rings. The van der Waals surface area contributed by atoms with E-state index in [1.54, 1.807) is 60.7 Å². The van der Waals surface area contributed by atoms with Crippen molar-refractivity contribution in [3.8, 4) is 11.5 Å². The van der Waals surface area contributed by atoms with Crippen LogP contribution in [0.1, 0.15) is 42.5 Å². The monoisotopic (exact) mass is 509 g/mol. The van der Waals surface area contributed by atoms with Crippen molar-refractivity contribution in [1.29, 1.82) is 0 Å². The van der Waals surface area contributed by atoms with Crippen molar-refractivity contribution < 1.29 is 18.7 Å². The maximum atomic E-state index is 13.2. The molecule has 0 atom stereocenters. The second kappa shape index (κ2) is 11.9. The minimum atomic E-state index is -0.941. The summed E-state index contributed by atoms with van der Waals surface area (Å²) in [4.78, 5) is 26.3. The smallest absolute Gasteiger partial charge is 0.252 e. The first-order chi connectivity index (χ1) is 17.4. The van der Waals surface area contributed by atoms with Gasteiger partial charge in [-0.05, 0) is 85.6 Å². The average Bonchev–Trinajstić information content (AvgIpc) is 2.90. The fraction of sp³-hybridized carbons (Fsp3) is 0.286. The van der Waals surface area contributed by atoms with E-state index >= 15 is 0 Å². The summed E-state index contributed by atoms with van der Waals surface area (Å²) in [6, 6.07) is 19.9. The van der Waals surface area contributed by atoms with Gasteiger partial charge in [0.2, 0.25) is 5.91 Å². The zero-order chi connectivity index (χ0) is 25.4. The first-order valence-corrected chi connectivity index (χ1v) is 12.5. The Morgan fingerprint density at radius 3 is 2.08 bits per heavy atom. The number of nitrogens with one attached hydrogen (secondary N) is 3. The van der Waals surface area contributed by atoms with Crippen molar-refractivity contribution in [3.63, 3.8) is 0 Å². The van der Waals surface area contributed by atoms with E-state index in [1.807, 2.05) is 0 Å². The predicted octanol–water partition coefficient (Wildman–Crippen LogP) is 5.93. The summed E-state index contributed by atoms with van der Waals surface area (Å²) in [7, 11) is 0. The Bertz CT molecular complexity index is 1160. The molecule has 1 fully saturated rings. The summed E-state index contributed by atoms with van der Waals surface area (Å²) in [5, 5.41) is 9.74. The van der Waals surface area contributed by atoms with Gasteiger partial charge in [-0.1, -0.05) is 30.9 Å². The van der Waals surface area contributed by atoms with Gasteiger partial charge in [0.15, 0.2) is 0 Å². The van der Waals surface area contributed by atoms with E-state index in [4.69, 9.17) is 16.3 Å². The molecule has 8 heteroatoms. The third-order valence-electron chi connectivity index (χ3n) is 6.24. The van der Waals surface area contributed by atoms with Crippen molar-refractivity contribution in [2.24, 2.45) is 0 Å². The minimum Gasteiger partial charge on any atom is -0.457 e. The van der Waals surface area contributed by atoms with Crippen LogP contribution in [0.4, 0.5) is 10.1 Å². The minimum absolute atomic E-state index is 0.181. The van der Waals surface area contributed by atoms with Crippen LogP contribution < -0.4 is 20.7 Å². The van der Waals surface area contributed by atoms with Gasteiger partial charge in [0.05, 0.1) is 0 Å². The van der Waals surface area contributed by atoms with E-state index in [2.05, 4.69) is 16.0 Å². The van der Waals surface area contributed by atoms with Crippen LogP contribution in [-0.2, 0) is 4.79 Å². The normalized spacial score (nSPS) is 14.5. The summed E-state index contributed by atoms with van der Waals surface area (Å²) in [6.45, 7) is 0.862. The highest BCUT2D eigenvalue weighted by molar-refractivity contribution is 6.30. The lowest BCUT2D eigenvalue weighted by molar-refractivity contribution is -0.128. The number of carbonyl (C=O) groups is 2. The van der Waals surface area contributed by atoms with Crippen LogP contribution in [0.3, 0.4) is 0 Å². The van der Waals surface area contributed by atoms with Crippen LogP contribution in [0, 0.1) is 5.82 Å². The Morgan fingerprint density at radius 1 is 0.833 bits per heavy atom. The molecular weight excluding hydrogens is 481 g/mol. The van der Waals surface area contributed by atoms with Crippen LogP contribution in [0.5, 0.6) is 11.5 Å². The number of rotatable bonds is 9. The van der Waals surface area contributed by atoms with Gasteiger partial charge in [-0.15, -0.1) is 0 Å². The summed E-state index contributed by atoms with van der Waals surface area (Å²) < 4.78 is 18.8. The van der Waals surface area contributed by atoms with E-state index in [0.717, 1.165) is 24.9 Å². The molecule has 1 saturated carbocycles. The molecule has 3 aromatic rings. The quantitative estimate of drug-likeness (QED) is 0.312. The third-order valence-corrected chi connectivity index (χ3v) is 6.50. The molecule has 4 rings (SSSR count). The van der Waals surface area contributed by atoms with E-state index in [9.17, 15) is 14.0 Å². The molecule has 3 N–H and O–H groups in total. The highest BCUT2D eigenvalue weighted by Gasteiger charge is 2.40. The van der Waals surface area contributed by atoms with Crippen LogP contribution in [-0.4, -0.2) is 30.4 Å². The highest BCUT2D eigenvalue weighted by Crippen LogP contribution is 2.29. The van der Waals surface area contributed by atoms with Crippen molar-refractivity contribution >= 4 is 29.1 Å². The largest absolute Gasteiger partial charge is 0.457 e. The second-order valence-electron chi connectivity index (χ2n) is 8.87. The molecule has 0 aliphatic heterocycles. The summed E-state index contributed by atoms with van der Waals surface area (Å²) in [6.07, 6.45) is 3.96. The summed E-state index contributed by atoms with van der Waals surface area (Å²) >= 11 is 5.91. The SMILES string of the molecule is O=C(NC1(C(=O)NCCNc2ccc(F)cc2)CCCCC1)c1ccc(Oc2ccc(Cl)cc2)cc1. The highest BCUT2D eigenvalue weighted by atomic mass is 35.5. The lowest BCUT2D eigenvalue weighted by atomic mass is 9.80. The topological polar surface area (TPSA) is 79.5 Å². The number of ether oxygens (including phenoxy) is 1. The van der Waals surface area contributed by atoms with E-state index in [1.165, 1.54) is 12.1 Å². The zero-order valence-electron chi connectivity index (χ0n) is 19.9. The van der Waals surface area contributed by atoms with Gasteiger partial charge in [0.1, 0.15) is 22.9 Å². The first kappa shape index (κ1) is 25.5. The lowest BCUT2D eigenvalue weighted by Crippen LogP contribution is -2.60. The molecule has 0 heterocycles. The number of benzene rings is 3. The molecule has 3 aromatic carbocycles. The van der Waals surface area contributed by atoms with Crippen molar-refractivity contribution in [2.75, 3.05) is 18.4 Å². The van der Waals surface area contributed by atoms with Crippen LogP contribution in [0.2, 0.25) is 5.02 Å². The number of hydrogen-bond donors (Lipinski definition) is 3. The van der Waals surface area contributed by atoms with Gasteiger partial charge in [0, 0.05) is 29.4 Å². The average molecular weight is 510 g/mol. The standard InChI is InChI=1S/C28H29ClFN3O3/c29-21-6-14-25(15-7-21)36-24-12-4-20(5-13-24)26(34)33-28(16-2-1-3-17-28)27(35)32-19-18-31-23-10-8-22(30)9-11-23/h4-15,31H,1-3,16-19H2,(H,32,35)(H,33,34). The molecule has 0 aromatic heterocycles. The number of carbonyl (C=O) groups excluding carboxylic acids is 2. The Labute approximate surface area is 215 Å². The van der Waals surface area contributed by atoms with E-state index in [-0.39, 0.29) is 17.6 Å². The Balaban J connectivity index is 1.34. The summed E-state index contributed by atoms with van der Waals surface area (Å²) in [5.74, 6) is 0.456. The predicted molar refractivity (Wildman–Crippen MR) is 139 cm³/mol. The fourth-order valence-electron chi connectivity index (χ4n) is 4.29. The summed E-state index contributed by atoms with van der Waals surface area (Å²) in [5.41, 5.74) is 0.285. The maximum Gasteiger partial charge on any atom is 0.252 e. The molecule has 2 amide bonds. The number of hydrogen-bond acceptors (Lipinski definition) is 4. The zero-order valence-corrected chi connectivity index (χ0v) is 20.6. The molecular formula is C28H29ClFN3O3. The van der Waals surface area contributed by atoms with Crippen LogP contribution >= 0.6 is 11.6 Å². The Kier molecular flexibility index (Phi) is 8.44. The molecule has 0 unspecified atom stereocenters. The lowest BCUT2D eigenvalue weighted by Gasteiger charge is -2.36. The van der Waals surface area contributed by atoms with Gasteiger partial charge in [-0.3, -0.25) is 9.59 Å². The molecule has 1 aliphatic carbocycles. The third kappa shape index (κ3) is 6.76. The molecule has 0 spiro atoms. The Hall–Kier alpha value is -3.58. The van der Waals surface area contributed by atoms with Gasteiger partial charge in [-0.25, -0.2) is 4.39 Å². The van der Waals surface area contributed by atoms with E-state index in [0.29, 0.717) is 48.0 Å². The van der Waals surface area contributed by atoms with Crippen LogP contribution in [0.15, 0.2) is 72.8 Å². The molecule has 0 bridgehead atoms. The molecule has 0 radical (unpaired) electrons. The number of amides is 2. The number of halogens is 2. The first-order valence-electron chi connectivity index (χ1n) is 12.1.